The molecule has 2 rings (SSSR count). The average Bonchev–Trinajstić information content (AvgIpc) is 2.11. The molecule has 9 heavy (non-hydrogen) atoms. The van der Waals surface area contributed by atoms with Gasteiger partial charge in [-0.1, -0.05) is 12.2 Å². The first kappa shape index (κ1) is 5.48. The molecule has 0 aromatic heterocycles. The van der Waals surface area contributed by atoms with Crippen molar-refractivity contribution in [2.75, 3.05) is 6.54 Å². The van der Waals surface area contributed by atoms with Crippen LogP contribution < -0.4 is 5.32 Å². The van der Waals surface area contributed by atoms with Gasteiger partial charge in [-0.25, -0.2) is 0 Å². The second-order valence-corrected chi connectivity index (χ2v) is 3.05. The van der Waals surface area contributed by atoms with Crippen LogP contribution in [0.2, 0.25) is 0 Å². The van der Waals surface area contributed by atoms with Gasteiger partial charge in [0.05, 0.1) is 0 Å². The Bertz CT molecular complexity index is 117. The number of allylic oxidation sites excluding steroid dienone is 2. The van der Waals surface area contributed by atoms with E-state index in [1.165, 1.54) is 25.8 Å². The molecule has 0 spiro atoms. The lowest BCUT2D eigenvalue weighted by atomic mass is 9.90. The predicted octanol–water partition coefficient (Wildman–Crippen LogP) is 1.31. The zero-order valence-electron chi connectivity index (χ0n) is 5.64. The minimum absolute atomic E-state index is 0.861. The Morgan fingerprint density at radius 3 is 2.33 bits per heavy atom. The summed E-state index contributed by atoms with van der Waals surface area (Å²) in [5.74, 6) is 0.943. The largest absolute Gasteiger partial charge is 0.314 e. The number of hydrogen-bond acceptors (Lipinski definition) is 1. The van der Waals surface area contributed by atoms with Crippen LogP contribution in [0, 0.1) is 5.92 Å². The molecule has 1 N–H and O–H groups in total. The number of rotatable bonds is 1. The van der Waals surface area contributed by atoms with Crippen LogP contribution in [0.1, 0.15) is 19.3 Å². The molecular weight excluding hydrogens is 110 g/mol. The van der Waals surface area contributed by atoms with Crippen LogP contribution in [0.3, 0.4) is 0 Å². The van der Waals surface area contributed by atoms with Gasteiger partial charge in [0, 0.05) is 6.04 Å². The van der Waals surface area contributed by atoms with Crippen molar-refractivity contribution in [3.05, 3.63) is 12.2 Å². The van der Waals surface area contributed by atoms with Crippen LogP contribution in [0.5, 0.6) is 0 Å². The number of nitrogens with one attached hydrogen (secondary N) is 1. The van der Waals surface area contributed by atoms with E-state index in [0.717, 1.165) is 12.0 Å². The smallest absolute Gasteiger partial charge is 0.0113 e. The predicted molar refractivity (Wildman–Crippen MR) is 38.3 cm³/mol. The molecular formula is C8H13N. The van der Waals surface area contributed by atoms with Gasteiger partial charge in [-0.15, -0.1) is 0 Å². The van der Waals surface area contributed by atoms with Gasteiger partial charge in [-0.3, -0.25) is 0 Å². The zero-order chi connectivity index (χ0) is 6.10. The van der Waals surface area contributed by atoms with Gasteiger partial charge in [0.25, 0.3) is 0 Å². The molecule has 0 aromatic carbocycles. The fourth-order valence-electron chi connectivity index (χ4n) is 1.68. The molecule has 0 amide bonds. The van der Waals surface area contributed by atoms with Crippen LogP contribution >= 0.6 is 0 Å². The summed E-state index contributed by atoms with van der Waals surface area (Å²) in [5.41, 5.74) is 0. The highest BCUT2D eigenvalue weighted by atomic mass is 15.0. The van der Waals surface area contributed by atoms with Crippen molar-refractivity contribution < 1.29 is 0 Å². The first-order chi connectivity index (χ1) is 4.47. The van der Waals surface area contributed by atoms with Crippen molar-refractivity contribution >= 4 is 0 Å². The van der Waals surface area contributed by atoms with Gasteiger partial charge < -0.3 is 5.32 Å². The third-order valence-corrected chi connectivity index (χ3v) is 2.48. The summed E-state index contributed by atoms with van der Waals surface area (Å²) in [6, 6.07) is 0.861. The summed E-state index contributed by atoms with van der Waals surface area (Å²) in [6.07, 6.45) is 8.66. The van der Waals surface area contributed by atoms with E-state index in [-0.39, 0.29) is 0 Å². The highest BCUT2D eigenvalue weighted by molar-refractivity contribution is 5.00. The molecule has 1 heterocycles. The highest BCUT2D eigenvalue weighted by Gasteiger charge is 2.26. The van der Waals surface area contributed by atoms with E-state index in [1.54, 1.807) is 0 Å². The summed E-state index contributed by atoms with van der Waals surface area (Å²) in [5, 5.41) is 3.45. The van der Waals surface area contributed by atoms with E-state index < -0.39 is 0 Å². The van der Waals surface area contributed by atoms with Gasteiger partial charge >= 0.3 is 0 Å². The Kier molecular flexibility index (Phi) is 1.31. The molecule has 1 atom stereocenters. The summed E-state index contributed by atoms with van der Waals surface area (Å²) in [6.45, 7) is 1.25. The highest BCUT2D eigenvalue weighted by Crippen LogP contribution is 2.26. The molecule has 0 radical (unpaired) electrons. The van der Waals surface area contributed by atoms with Gasteiger partial charge in [0.2, 0.25) is 0 Å². The topological polar surface area (TPSA) is 12.0 Å². The van der Waals surface area contributed by atoms with E-state index >= 15 is 0 Å². The fraction of sp³-hybridized carbons (Fsp3) is 0.750. The van der Waals surface area contributed by atoms with Gasteiger partial charge in [-0.05, 0) is 31.7 Å². The average molecular weight is 123 g/mol. The maximum absolute atomic E-state index is 3.45. The minimum atomic E-state index is 0.861. The van der Waals surface area contributed by atoms with Crippen molar-refractivity contribution in [3.8, 4) is 0 Å². The lowest BCUT2D eigenvalue weighted by Crippen LogP contribution is -2.47. The molecule has 1 aliphatic heterocycles. The molecule has 1 fully saturated rings. The fourth-order valence-corrected chi connectivity index (χ4v) is 1.68. The van der Waals surface area contributed by atoms with E-state index in [1.807, 2.05) is 0 Å². The standard InChI is InChI=1S/C8H13N/c1-2-4-7(3-1)8-5-6-9-8/h1-2,7-9H,3-6H2. The molecule has 1 heteroatoms. The van der Waals surface area contributed by atoms with Crippen LogP contribution in [0.25, 0.3) is 0 Å². The van der Waals surface area contributed by atoms with Gasteiger partial charge in [-0.2, -0.15) is 0 Å². The normalized spacial score (nSPS) is 34.9. The summed E-state index contributed by atoms with van der Waals surface area (Å²) < 4.78 is 0. The first-order valence-corrected chi connectivity index (χ1v) is 3.85. The van der Waals surface area contributed by atoms with Crippen molar-refractivity contribution in [2.45, 2.75) is 25.3 Å². The zero-order valence-corrected chi connectivity index (χ0v) is 5.64. The lowest BCUT2D eigenvalue weighted by molar-refractivity contribution is 0.269. The maximum Gasteiger partial charge on any atom is 0.0113 e. The van der Waals surface area contributed by atoms with E-state index in [0.29, 0.717) is 0 Å². The van der Waals surface area contributed by atoms with Crippen LogP contribution in [-0.2, 0) is 0 Å². The monoisotopic (exact) mass is 123 g/mol. The third-order valence-electron chi connectivity index (χ3n) is 2.48. The SMILES string of the molecule is C1=CCC(C2CCN2)C1. The molecule has 0 saturated carbocycles. The Morgan fingerprint density at radius 2 is 1.89 bits per heavy atom. The molecule has 2 aliphatic rings. The summed E-state index contributed by atoms with van der Waals surface area (Å²) in [4.78, 5) is 0. The van der Waals surface area contributed by atoms with Crippen molar-refractivity contribution in [3.63, 3.8) is 0 Å². The second kappa shape index (κ2) is 2.14. The molecule has 1 aliphatic carbocycles. The van der Waals surface area contributed by atoms with Crippen molar-refractivity contribution in [1.82, 2.24) is 5.32 Å². The van der Waals surface area contributed by atoms with Crippen LogP contribution in [0.4, 0.5) is 0 Å². The second-order valence-electron chi connectivity index (χ2n) is 3.05. The van der Waals surface area contributed by atoms with E-state index in [4.69, 9.17) is 0 Å². The molecule has 1 saturated heterocycles. The molecule has 1 unspecified atom stereocenters. The summed E-state index contributed by atoms with van der Waals surface area (Å²) in [7, 11) is 0. The van der Waals surface area contributed by atoms with Crippen molar-refractivity contribution in [2.24, 2.45) is 5.92 Å². The van der Waals surface area contributed by atoms with E-state index in [9.17, 15) is 0 Å². The van der Waals surface area contributed by atoms with Gasteiger partial charge in [0.15, 0.2) is 0 Å². The lowest BCUT2D eigenvalue weighted by Gasteiger charge is -2.32. The maximum atomic E-state index is 3.45. The molecule has 0 bridgehead atoms. The van der Waals surface area contributed by atoms with Gasteiger partial charge in [0.1, 0.15) is 0 Å². The Labute approximate surface area is 56.1 Å². The minimum Gasteiger partial charge on any atom is -0.314 e. The molecule has 1 nitrogen and oxygen atoms in total. The van der Waals surface area contributed by atoms with E-state index in [2.05, 4.69) is 17.5 Å². The summed E-state index contributed by atoms with van der Waals surface area (Å²) >= 11 is 0. The third kappa shape index (κ3) is 0.897. The number of hydrogen-bond donors (Lipinski definition) is 1. The first-order valence-electron chi connectivity index (χ1n) is 3.85. The van der Waals surface area contributed by atoms with Crippen LogP contribution in [0.15, 0.2) is 12.2 Å². The molecule has 50 valence electrons. The Balaban J connectivity index is 1.85. The molecule has 0 aromatic rings. The Morgan fingerprint density at radius 1 is 1.22 bits per heavy atom. The Hall–Kier alpha value is -0.300. The quantitative estimate of drug-likeness (QED) is 0.518. The van der Waals surface area contributed by atoms with Crippen molar-refractivity contribution in [1.29, 1.82) is 0 Å². The van der Waals surface area contributed by atoms with Crippen LogP contribution in [-0.4, -0.2) is 12.6 Å².